The van der Waals surface area contributed by atoms with E-state index >= 15 is 14.4 Å². The van der Waals surface area contributed by atoms with E-state index in [9.17, 15) is 48.3 Å². The van der Waals surface area contributed by atoms with E-state index in [1.807, 2.05) is 41.5 Å². The van der Waals surface area contributed by atoms with Gasteiger partial charge in [-0.05, 0) is 115 Å². The number of nitrogens with zero attached hydrogens (tertiary/aromatic N) is 8. The van der Waals surface area contributed by atoms with Crippen LogP contribution in [-0.4, -0.2) is 256 Å². The predicted octanol–water partition coefficient (Wildman–Crippen LogP) is 3.62. The van der Waals surface area contributed by atoms with Crippen LogP contribution in [0.1, 0.15) is 169 Å². The molecule has 2 aliphatic rings. The van der Waals surface area contributed by atoms with Crippen LogP contribution < -0.4 is 21.3 Å². The lowest BCUT2D eigenvalue weighted by Gasteiger charge is -2.41. The van der Waals surface area contributed by atoms with E-state index in [0.717, 1.165) is 27.5 Å². The monoisotopic (exact) mass is 1310 g/mol. The first-order chi connectivity index (χ1) is 43.0. The second kappa shape index (κ2) is 36.7. The maximum Gasteiger partial charge on any atom is 0.410 e. The molecule has 2 unspecified atom stereocenters. The molecule has 2 saturated heterocycles. The Bertz CT molecular complexity index is 2620. The number of rotatable bonds is 16. The topological polar surface area (TPSA) is 308 Å². The summed E-state index contributed by atoms with van der Waals surface area (Å²) in [5.41, 5.74) is -1.41. The molecule has 12 atom stereocenters. The second-order valence-electron chi connectivity index (χ2n) is 28.5. The van der Waals surface area contributed by atoms with Crippen LogP contribution in [0.5, 0.6) is 0 Å². The van der Waals surface area contributed by atoms with Gasteiger partial charge < -0.3 is 70.3 Å². The summed E-state index contributed by atoms with van der Waals surface area (Å²) in [6, 6.07) is -13.1. The predicted molar refractivity (Wildman–Crippen MR) is 355 cm³/mol. The standard InChI is InChI=1S/C67H118N12O14/c1-25-27-30-43(13)55(81)54-59(85)70-46(26-2)61(87)72(18)37-51(80)73(19)50(36-67(16,17)93-66(92)79-31-28-29-32-79)58(84)71-52(41(9)10)64(90)74(20)47(33-38(3)4)57(83)68-44(14)56(82)69-45(15)60(86)75(21)48(34-39(5)6)62(88)76(22)49(35-40(7)8)63(89)77(23)53(42(11)12)65(91)78(54)24/h25,27,38-50,52-55,81H,26,28-37H2,1-24H3,(H,68,83)(H,69,82)(H,70,85)(H,71,84)/b27-25+/t43?,44-,45+,46-,47-,48-,49-,50-,52-,53-,54-,55?/m0/s1. The zero-order valence-electron chi connectivity index (χ0n) is 60.6. The van der Waals surface area contributed by atoms with Gasteiger partial charge in [-0.2, -0.15) is 0 Å². The molecule has 0 bridgehead atoms. The van der Waals surface area contributed by atoms with Crippen molar-refractivity contribution in [3.63, 3.8) is 0 Å². The molecule has 93 heavy (non-hydrogen) atoms. The lowest BCUT2D eigenvalue weighted by Crippen LogP contribution is -2.63. The maximum atomic E-state index is 15.2. The maximum absolute atomic E-state index is 15.2. The molecule has 0 radical (unpaired) electrons. The molecule has 2 heterocycles. The largest absolute Gasteiger partial charge is 0.443 e. The lowest BCUT2D eigenvalue weighted by atomic mass is 9.91. The third kappa shape index (κ3) is 22.9. The Morgan fingerprint density at radius 1 is 0.548 bits per heavy atom. The first-order valence-corrected chi connectivity index (χ1v) is 33.3. The van der Waals surface area contributed by atoms with Crippen molar-refractivity contribution >= 4 is 71.1 Å². The molecule has 2 fully saturated rings. The Labute approximate surface area is 554 Å². The number of likely N-dealkylation sites (N-methyl/N-ethyl adjacent to an activating group) is 7. The van der Waals surface area contributed by atoms with Crippen LogP contribution in [0.2, 0.25) is 0 Å². The minimum atomic E-state index is -1.65. The number of ether oxygens (including phenoxy) is 1. The number of carbonyl (C=O) groups is 12. The number of amides is 12. The van der Waals surface area contributed by atoms with Gasteiger partial charge in [0.25, 0.3) is 0 Å². The molecule has 2 aliphatic heterocycles. The van der Waals surface area contributed by atoms with Crippen LogP contribution >= 0.6 is 0 Å². The molecule has 0 aliphatic carbocycles. The summed E-state index contributed by atoms with van der Waals surface area (Å²) in [6.45, 7) is 29.3. The van der Waals surface area contributed by atoms with E-state index in [1.165, 1.54) is 82.8 Å². The molecule has 26 heteroatoms. The van der Waals surface area contributed by atoms with Gasteiger partial charge in [-0.15, -0.1) is 0 Å². The summed E-state index contributed by atoms with van der Waals surface area (Å²) in [4.78, 5) is 185. The second-order valence-corrected chi connectivity index (χ2v) is 28.5. The fourth-order valence-electron chi connectivity index (χ4n) is 11.9. The van der Waals surface area contributed by atoms with Crippen molar-refractivity contribution in [2.75, 3.05) is 69.0 Å². The van der Waals surface area contributed by atoms with E-state index in [0.29, 0.717) is 13.1 Å². The third-order valence-corrected chi connectivity index (χ3v) is 17.8. The fourth-order valence-corrected chi connectivity index (χ4v) is 11.9. The van der Waals surface area contributed by atoms with Crippen LogP contribution in [0.3, 0.4) is 0 Å². The highest BCUT2D eigenvalue weighted by molar-refractivity contribution is 5.99. The summed E-state index contributed by atoms with van der Waals surface area (Å²) in [6.07, 6.45) is 3.29. The van der Waals surface area contributed by atoms with E-state index in [-0.39, 0.29) is 56.3 Å². The molecule has 0 spiro atoms. The smallest absolute Gasteiger partial charge is 0.410 e. The van der Waals surface area contributed by atoms with Gasteiger partial charge in [0.15, 0.2) is 0 Å². The molecule has 5 N–H and O–H groups in total. The number of aliphatic hydroxyl groups excluding tert-OH is 1. The van der Waals surface area contributed by atoms with E-state index in [2.05, 4.69) is 21.3 Å². The normalized spacial score (nSPS) is 26.5. The summed E-state index contributed by atoms with van der Waals surface area (Å²) in [7, 11) is 9.70. The van der Waals surface area contributed by atoms with E-state index < -0.39 is 167 Å². The average Bonchev–Trinajstić information content (AvgIpc) is 1.06. The van der Waals surface area contributed by atoms with E-state index in [4.69, 9.17) is 4.74 Å². The number of aliphatic hydroxyl groups is 1. The quantitative estimate of drug-likeness (QED) is 0.138. The summed E-state index contributed by atoms with van der Waals surface area (Å²) in [5, 5.41) is 23.1. The molecule has 26 nitrogen and oxygen atoms in total. The molecule has 530 valence electrons. The van der Waals surface area contributed by atoms with Crippen molar-refractivity contribution in [1.82, 2.24) is 60.5 Å². The number of likely N-dealkylation sites (tertiary alicyclic amines) is 1. The number of nitrogens with one attached hydrogen (secondary N) is 4. The van der Waals surface area contributed by atoms with Gasteiger partial charge in [0, 0.05) is 68.8 Å². The zero-order valence-corrected chi connectivity index (χ0v) is 60.6. The minimum absolute atomic E-state index is 0.0295. The van der Waals surface area contributed by atoms with Crippen molar-refractivity contribution in [2.45, 2.75) is 241 Å². The molecule has 0 aromatic rings. The SMILES string of the molecule is C/C=C/CC(C)C(O)[C@H]1C(=O)N[C@@H](CC)C(=O)N(C)CC(=O)N(C)[C@@H](CC(C)(C)OC(=O)N2CCCC2)C(=O)N[C@@H](C(C)C)C(=O)N(C)[C@@H](CC(C)C)C(=O)N[C@@H](C)C(=O)N[C@H](C)C(=O)N(C)[C@@H](CC(C)C)C(=O)N(C)[C@@H](CC(C)C)C(=O)N(C)[C@@H](C(C)C)C(=O)N1C. The van der Waals surface area contributed by atoms with Crippen molar-refractivity contribution in [3.8, 4) is 0 Å². The molecule has 0 aromatic heterocycles. The summed E-state index contributed by atoms with van der Waals surface area (Å²) >= 11 is 0. The fraction of sp³-hybridized carbons (Fsp3) is 0.791. The van der Waals surface area contributed by atoms with Gasteiger partial charge in [0.1, 0.15) is 66.0 Å². The Hall–Kier alpha value is -6.86. The highest BCUT2D eigenvalue weighted by Gasteiger charge is 2.46. The van der Waals surface area contributed by atoms with Crippen LogP contribution in [0.25, 0.3) is 0 Å². The third-order valence-electron chi connectivity index (χ3n) is 17.8. The first-order valence-electron chi connectivity index (χ1n) is 33.3. The van der Waals surface area contributed by atoms with Crippen molar-refractivity contribution in [2.24, 2.45) is 35.5 Å². The van der Waals surface area contributed by atoms with Crippen LogP contribution in [0.4, 0.5) is 4.79 Å². The summed E-state index contributed by atoms with van der Waals surface area (Å²) in [5.74, 6) is -10.5. The van der Waals surface area contributed by atoms with Crippen LogP contribution in [-0.2, 0) is 57.5 Å². The molecular weight excluding hydrogens is 1200 g/mol. The van der Waals surface area contributed by atoms with Gasteiger partial charge in [-0.1, -0.05) is 95.2 Å². The van der Waals surface area contributed by atoms with Crippen molar-refractivity contribution < 1.29 is 67.4 Å². The Morgan fingerprint density at radius 2 is 1.01 bits per heavy atom. The molecule has 0 aromatic carbocycles. The van der Waals surface area contributed by atoms with Crippen LogP contribution in [0.15, 0.2) is 12.2 Å². The van der Waals surface area contributed by atoms with Crippen LogP contribution in [0, 0.1) is 35.5 Å². The lowest BCUT2D eigenvalue weighted by molar-refractivity contribution is -0.157. The number of hydrogen-bond donors (Lipinski definition) is 5. The number of hydrogen-bond acceptors (Lipinski definition) is 14. The van der Waals surface area contributed by atoms with E-state index in [1.54, 1.807) is 79.4 Å². The summed E-state index contributed by atoms with van der Waals surface area (Å²) < 4.78 is 5.98. The molecular formula is C67H118N12O14. The minimum Gasteiger partial charge on any atom is -0.443 e. The number of carbonyl (C=O) groups excluding carboxylic acids is 12. The molecule has 0 saturated carbocycles. The molecule has 2 rings (SSSR count). The highest BCUT2D eigenvalue weighted by atomic mass is 16.6. The van der Waals surface area contributed by atoms with Crippen molar-refractivity contribution in [1.29, 1.82) is 0 Å². The Balaban J connectivity index is 3.03. The van der Waals surface area contributed by atoms with Gasteiger partial charge >= 0.3 is 6.09 Å². The van der Waals surface area contributed by atoms with Gasteiger partial charge in [-0.25, -0.2) is 4.79 Å². The molecule has 12 amide bonds. The number of allylic oxidation sites excluding steroid dienone is 2. The van der Waals surface area contributed by atoms with Crippen molar-refractivity contribution in [3.05, 3.63) is 12.2 Å². The highest BCUT2D eigenvalue weighted by Crippen LogP contribution is 2.27. The van der Waals surface area contributed by atoms with Gasteiger partial charge in [0.05, 0.1) is 12.6 Å². The first kappa shape index (κ1) is 82.2. The Kier molecular flexibility index (Phi) is 32.5. The van der Waals surface area contributed by atoms with Gasteiger partial charge in [-0.3, -0.25) is 52.7 Å². The Morgan fingerprint density at radius 3 is 1.49 bits per heavy atom. The average molecular weight is 1320 g/mol. The van der Waals surface area contributed by atoms with Gasteiger partial charge in [0.2, 0.25) is 65.0 Å². The zero-order chi connectivity index (χ0) is 71.6.